The van der Waals surface area contributed by atoms with Gasteiger partial charge in [0.05, 0.1) is 11.9 Å². The smallest absolute Gasteiger partial charge is 0.0935 e. The molecule has 0 spiro atoms. The summed E-state index contributed by atoms with van der Waals surface area (Å²) in [6.45, 7) is 4.48. The van der Waals surface area contributed by atoms with E-state index in [1.54, 1.807) is 0 Å². The van der Waals surface area contributed by atoms with Crippen molar-refractivity contribution >= 4 is 6.21 Å². The Balaban J connectivity index is 2.09. The predicted octanol–water partition coefficient (Wildman–Crippen LogP) is 4.45. The van der Waals surface area contributed by atoms with Gasteiger partial charge in [-0.2, -0.15) is 0 Å². The van der Waals surface area contributed by atoms with Gasteiger partial charge in [0.25, 0.3) is 0 Å². The molecule has 0 aromatic carbocycles. The van der Waals surface area contributed by atoms with Crippen molar-refractivity contribution in [2.45, 2.75) is 52.4 Å². The minimum Gasteiger partial charge on any atom is -0.246 e. The van der Waals surface area contributed by atoms with Crippen LogP contribution in [0.2, 0.25) is 0 Å². The summed E-state index contributed by atoms with van der Waals surface area (Å²) in [6, 6.07) is 0. The molecule has 2 rings (SSSR count). The van der Waals surface area contributed by atoms with Crippen LogP contribution < -0.4 is 0 Å². The molecule has 0 aromatic heterocycles. The van der Waals surface area contributed by atoms with Gasteiger partial charge in [-0.15, -0.1) is 0 Å². The Kier molecular flexibility index (Phi) is 3.76. The van der Waals surface area contributed by atoms with Crippen LogP contribution in [0.1, 0.15) is 52.4 Å². The van der Waals surface area contributed by atoms with E-state index in [0.717, 1.165) is 12.1 Å². The number of allylic oxidation sites excluding steroid dienone is 4. The minimum atomic E-state index is 1.14. The molecule has 1 radical (unpaired) electrons. The van der Waals surface area contributed by atoms with E-state index >= 15 is 0 Å². The van der Waals surface area contributed by atoms with Crippen molar-refractivity contribution in [3.05, 3.63) is 34.6 Å². The Bertz CT molecular complexity index is 380. The van der Waals surface area contributed by atoms with Crippen LogP contribution in [0.15, 0.2) is 39.6 Å². The SMILES string of the molecule is CCCCC1=CC=C2N=[C]C(CCCC)=C12. The molecule has 0 bridgehead atoms. The molecule has 0 aromatic rings. The Morgan fingerprint density at radius 3 is 2.56 bits per heavy atom. The summed E-state index contributed by atoms with van der Waals surface area (Å²) in [6.07, 6.45) is 14.9. The first-order valence-corrected chi connectivity index (χ1v) is 6.48. The maximum Gasteiger partial charge on any atom is 0.0935 e. The molecule has 1 aliphatic carbocycles. The van der Waals surface area contributed by atoms with Crippen molar-refractivity contribution in [2.24, 2.45) is 4.99 Å². The molecule has 0 atom stereocenters. The van der Waals surface area contributed by atoms with Gasteiger partial charge < -0.3 is 0 Å². The largest absolute Gasteiger partial charge is 0.246 e. The Labute approximate surface area is 98.7 Å². The third kappa shape index (κ3) is 2.18. The van der Waals surface area contributed by atoms with Crippen molar-refractivity contribution in [3.8, 4) is 0 Å². The van der Waals surface area contributed by atoms with Gasteiger partial charge in [-0.05, 0) is 42.9 Å². The van der Waals surface area contributed by atoms with Crippen LogP contribution in [0.25, 0.3) is 0 Å². The zero-order valence-corrected chi connectivity index (χ0v) is 10.3. The van der Waals surface area contributed by atoms with E-state index in [2.05, 4.69) is 37.2 Å². The Morgan fingerprint density at radius 1 is 1.06 bits per heavy atom. The first-order chi connectivity index (χ1) is 7.86. The average molecular weight is 214 g/mol. The molecule has 0 fully saturated rings. The zero-order valence-electron chi connectivity index (χ0n) is 10.3. The van der Waals surface area contributed by atoms with Crippen LogP contribution in [0.5, 0.6) is 0 Å². The molecule has 16 heavy (non-hydrogen) atoms. The Morgan fingerprint density at radius 2 is 1.81 bits per heavy atom. The van der Waals surface area contributed by atoms with Crippen LogP contribution in [0.3, 0.4) is 0 Å². The highest BCUT2D eigenvalue weighted by molar-refractivity contribution is 5.89. The molecule has 2 aliphatic rings. The van der Waals surface area contributed by atoms with E-state index in [0.29, 0.717) is 0 Å². The van der Waals surface area contributed by atoms with Crippen LogP contribution in [0, 0.1) is 0 Å². The maximum absolute atomic E-state index is 4.38. The van der Waals surface area contributed by atoms with Gasteiger partial charge in [0.1, 0.15) is 0 Å². The van der Waals surface area contributed by atoms with Crippen LogP contribution >= 0.6 is 0 Å². The molecule has 85 valence electrons. The lowest BCUT2D eigenvalue weighted by molar-refractivity contribution is 0.784. The van der Waals surface area contributed by atoms with Crippen molar-refractivity contribution in [1.29, 1.82) is 0 Å². The van der Waals surface area contributed by atoms with Crippen LogP contribution in [-0.4, -0.2) is 6.21 Å². The summed E-state index contributed by atoms with van der Waals surface area (Å²) >= 11 is 0. The summed E-state index contributed by atoms with van der Waals surface area (Å²) in [4.78, 5) is 4.38. The van der Waals surface area contributed by atoms with Crippen molar-refractivity contribution in [2.75, 3.05) is 0 Å². The van der Waals surface area contributed by atoms with Crippen LogP contribution in [0.4, 0.5) is 0 Å². The van der Waals surface area contributed by atoms with Gasteiger partial charge in [-0.25, -0.2) is 4.99 Å². The quantitative estimate of drug-likeness (QED) is 0.619. The standard InChI is InChI=1S/C15H20N/c1-3-5-7-12-9-10-14-15(12)13(11-16-14)8-6-4-2/h9-10H,3-8H2,1-2H3. The fourth-order valence-electron chi connectivity index (χ4n) is 2.25. The van der Waals surface area contributed by atoms with Crippen LogP contribution in [-0.2, 0) is 0 Å². The molecular weight excluding hydrogens is 194 g/mol. The number of hydrogen-bond donors (Lipinski definition) is 0. The average Bonchev–Trinajstić information content (AvgIpc) is 2.86. The highest BCUT2D eigenvalue weighted by Crippen LogP contribution is 2.37. The second kappa shape index (κ2) is 5.29. The third-order valence-corrected chi connectivity index (χ3v) is 3.21. The minimum absolute atomic E-state index is 1.14. The second-order valence-corrected chi connectivity index (χ2v) is 4.53. The molecule has 0 N–H and O–H groups in total. The molecule has 1 heterocycles. The summed E-state index contributed by atoms with van der Waals surface area (Å²) in [5, 5.41) is 0. The molecule has 1 nitrogen and oxygen atoms in total. The molecule has 1 aliphatic heterocycles. The number of hydrogen-bond acceptors (Lipinski definition) is 1. The lowest BCUT2D eigenvalue weighted by Gasteiger charge is -2.07. The van der Waals surface area contributed by atoms with E-state index in [1.807, 2.05) is 0 Å². The number of fused-ring (bicyclic) bond motifs is 1. The zero-order chi connectivity index (χ0) is 11.4. The fourth-order valence-corrected chi connectivity index (χ4v) is 2.25. The van der Waals surface area contributed by atoms with E-state index in [1.165, 1.54) is 48.8 Å². The number of aliphatic imine (C=N–C) groups is 1. The van der Waals surface area contributed by atoms with Crippen molar-refractivity contribution in [3.63, 3.8) is 0 Å². The first kappa shape index (κ1) is 11.4. The van der Waals surface area contributed by atoms with E-state index < -0.39 is 0 Å². The second-order valence-electron chi connectivity index (χ2n) is 4.53. The van der Waals surface area contributed by atoms with Gasteiger partial charge in [-0.1, -0.05) is 32.8 Å². The topological polar surface area (TPSA) is 12.4 Å². The number of unbranched alkanes of at least 4 members (excludes halogenated alkanes) is 2. The molecular formula is C15H20N. The Hall–Kier alpha value is -1.11. The third-order valence-electron chi connectivity index (χ3n) is 3.21. The van der Waals surface area contributed by atoms with Gasteiger partial charge in [0, 0.05) is 5.57 Å². The van der Waals surface area contributed by atoms with Crippen molar-refractivity contribution < 1.29 is 0 Å². The van der Waals surface area contributed by atoms with Gasteiger partial charge in [0.2, 0.25) is 0 Å². The summed E-state index contributed by atoms with van der Waals surface area (Å²) < 4.78 is 0. The fraction of sp³-hybridized carbons (Fsp3) is 0.533. The monoisotopic (exact) mass is 214 g/mol. The molecule has 0 unspecified atom stereocenters. The normalized spacial score (nSPS) is 17.9. The molecule has 1 heteroatoms. The lowest BCUT2D eigenvalue weighted by Crippen LogP contribution is -1.92. The summed E-state index contributed by atoms with van der Waals surface area (Å²) in [5.74, 6) is 0. The highest BCUT2D eigenvalue weighted by Gasteiger charge is 2.22. The first-order valence-electron chi connectivity index (χ1n) is 6.48. The van der Waals surface area contributed by atoms with Gasteiger partial charge in [0.15, 0.2) is 0 Å². The highest BCUT2D eigenvalue weighted by atomic mass is 14.8. The number of rotatable bonds is 6. The lowest BCUT2D eigenvalue weighted by atomic mass is 9.96. The number of nitrogens with zero attached hydrogens (tertiary/aromatic N) is 1. The van der Waals surface area contributed by atoms with Gasteiger partial charge in [-0.3, -0.25) is 0 Å². The molecule has 0 saturated carbocycles. The predicted molar refractivity (Wildman–Crippen MR) is 69.7 cm³/mol. The maximum atomic E-state index is 4.38. The van der Waals surface area contributed by atoms with E-state index in [-0.39, 0.29) is 0 Å². The summed E-state index contributed by atoms with van der Waals surface area (Å²) in [7, 11) is 0. The van der Waals surface area contributed by atoms with E-state index in [9.17, 15) is 0 Å². The van der Waals surface area contributed by atoms with E-state index in [4.69, 9.17) is 0 Å². The molecule has 0 saturated heterocycles. The van der Waals surface area contributed by atoms with Crippen molar-refractivity contribution in [1.82, 2.24) is 0 Å². The molecule has 0 amide bonds. The van der Waals surface area contributed by atoms with Gasteiger partial charge >= 0.3 is 0 Å². The summed E-state index contributed by atoms with van der Waals surface area (Å²) in [5.41, 5.74) is 5.38.